The molecule has 0 aliphatic carbocycles. The maximum absolute atomic E-state index is 12.7. The van der Waals surface area contributed by atoms with Gasteiger partial charge in [0.2, 0.25) is 0 Å². The second-order valence-corrected chi connectivity index (χ2v) is 15.3. The number of carbonyl (C=O) groups is 2. The van der Waals surface area contributed by atoms with Crippen molar-refractivity contribution in [3.8, 4) is 0 Å². The summed E-state index contributed by atoms with van der Waals surface area (Å²) in [6.45, 7) is 7.35. The van der Waals surface area contributed by atoms with Gasteiger partial charge in [-0.1, -0.05) is 201 Å². The first kappa shape index (κ1) is 54.8. The van der Waals surface area contributed by atoms with Gasteiger partial charge in [0.05, 0.1) is 13.2 Å². The van der Waals surface area contributed by atoms with Gasteiger partial charge in [0.25, 0.3) is 0 Å². The minimum Gasteiger partial charge on any atom is -0.462 e. The summed E-state index contributed by atoms with van der Waals surface area (Å²) in [7, 11) is 0. The molecule has 5 heteroatoms. The predicted molar refractivity (Wildman–Crippen MR) is 251 cm³/mol. The summed E-state index contributed by atoms with van der Waals surface area (Å²) in [5, 5.41) is 0. The third kappa shape index (κ3) is 45.5. The van der Waals surface area contributed by atoms with Gasteiger partial charge in [-0.15, -0.1) is 0 Å². The molecule has 0 aromatic carbocycles. The lowest BCUT2D eigenvalue weighted by Crippen LogP contribution is -2.30. The Morgan fingerprint density at radius 2 is 0.776 bits per heavy atom. The van der Waals surface area contributed by atoms with Crippen LogP contribution < -0.4 is 0 Å². The molecule has 0 saturated carbocycles. The normalized spacial score (nSPS) is 13.1. The minimum atomic E-state index is -0.589. The molecule has 0 bridgehead atoms. The highest BCUT2D eigenvalue weighted by atomic mass is 16.6. The van der Waals surface area contributed by atoms with Crippen molar-refractivity contribution in [1.29, 1.82) is 0 Å². The van der Waals surface area contributed by atoms with E-state index < -0.39 is 6.10 Å². The van der Waals surface area contributed by atoms with E-state index >= 15 is 0 Å². The van der Waals surface area contributed by atoms with E-state index in [2.05, 4.69) is 118 Å². The number of rotatable bonds is 42. The number of allylic oxidation sites excluding steroid dienone is 15. The molecule has 1 unspecified atom stereocenters. The van der Waals surface area contributed by atoms with E-state index in [1.54, 1.807) is 0 Å². The summed E-state index contributed by atoms with van der Waals surface area (Å²) < 4.78 is 17.2. The molecule has 5 nitrogen and oxygen atoms in total. The summed E-state index contributed by atoms with van der Waals surface area (Å²) in [6, 6.07) is 0. The molecule has 58 heavy (non-hydrogen) atoms. The number of carbonyl (C=O) groups excluding carboxylic acids is 2. The van der Waals surface area contributed by atoms with Gasteiger partial charge in [-0.2, -0.15) is 0 Å². The first-order valence-corrected chi connectivity index (χ1v) is 23.8. The van der Waals surface area contributed by atoms with Crippen LogP contribution in [0, 0.1) is 0 Å². The van der Waals surface area contributed by atoms with E-state index in [9.17, 15) is 9.59 Å². The fourth-order valence-corrected chi connectivity index (χ4v) is 6.18. The lowest BCUT2D eigenvalue weighted by molar-refractivity contribution is -0.162. The van der Waals surface area contributed by atoms with Gasteiger partial charge in [-0.25, -0.2) is 0 Å². The largest absolute Gasteiger partial charge is 0.462 e. The molecule has 0 aliphatic rings. The monoisotopic (exact) mass is 805 g/mol. The van der Waals surface area contributed by atoms with Gasteiger partial charge in [-0.05, 0) is 83.5 Å². The van der Waals surface area contributed by atoms with Gasteiger partial charge in [-0.3, -0.25) is 9.59 Å². The van der Waals surface area contributed by atoms with Crippen LogP contribution in [0.5, 0.6) is 0 Å². The number of hydrogen-bond donors (Lipinski definition) is 0. The summed E-state index contributed by atoms with van der Waals surface area (Å²) in [6.07, 6.45) is 64.3. The van der Waals surface area contributed by atoms with E-state index in [0.717, 1.165) is 103 Å². The van der Waals surface area contributed by atoms with Crippen molar-refractivity contribution in [1.82, 2.24) is 0 Å². The third-order valence-corrected chi connectivity index (χ3v) is 9.63. The highest BCUT2D eigenvalue weighted by Gasteiger charge is 2.17. The number of unbranched alkanes of at least 4 members (excludes halogenated alkanes) is 15. The van der Waals surface area contributed by atoms with E-state index in [1.807, 2.05) is 0 Å². The van der Waals surface area contributed by atoms with Gasteiger partial charge < -0.3 is 14.2 Å². The van der Waals surface area contributed by atoms with Crippen molar-refractivity contribution < 1.29 is 23.8 Å². The van der Waals surface area contributed by atoms with Crippen molar-refractivity contribution in [2.45, 2.75) is 207 Å². The van der Waals surface area contributed by atoms with Crippen LogP contribution in [0.1, 0.15) is 201 Å². The number of ether oxygens (including phenoxy) is 3. The maximum atomic E-state index is 12.7. The SMILES string of the molecule is CC/C=C\C/C=C\C/C=C\C/C=C\C/C=C\CCOCC(COC(=O)CCCCC/C=C\C/C=C\C/C=C\CC)OC(=O)CCCCCCCCCCCCCCC. The smallest absolute Gasteiger partial charge is 0.306 e. The topological polar surface area (TPSA) is 61.8 Å². The second-order valence-electron chi connectivity index (χ2n) is 15.3. The van der Waals surface area contributed by atoms with Gasteiger partial charge in [0, 0.05) is 12.8 Å². The van der Waals surface area contributed by atoms with Crippen LogP contribution in [-0.2, 0) is 23.8 Å². The van der Waals surface area contributed by atoms with Crippen molar-refractivity contribution in [3.63, 3.8) is 0 Å². The molecular formula is C53H88O5. The fourth-order valence-electron chi connectivity index (χ4n) is 6.18. The van der Waals surface area contributed by atoms with E-state index in [4.69, 9.17) is 14.2 Å². The standard InChI is InChI=1S/C53H88O5/c1-4-7-10-13-16-19-22-25-26-27-30-33-36-39-42-45-48-56-49-51(58-53(55)47-44-41-38-35-32-29-24-21-18-15-12-9-6-3)50-57-52(54)46-43-40-37-34-31-28-23-20-17-14-11-8-5-2/h7-8,10-11,16-17,19-20,25-26,28,30-31,33,39,42,51H,4-6,9,12-15,18,21-24,27,29,32,34-38,40-41,43-50H2,1-3H3/b10-7-,11-8-,19-16-,20-17-,26-25-,31-28-,33-30-,42-39-. The van der Waals surface area contributed by atoms with Crippen LogP contribution in [0.2, 0.25) is 0 Å². The first-order chi connectivity index (χ1) is 28.6. The van der Waals surface area contributed by atoms with Crippen LogP contribution >= 0.6 is 0 Å². The zero-order valence-electron chi connectivity index (χ0n) is 37.8. The highest BCUT2D eigenvalue weighted by Crippen LogP contribution is 2.14. The Kier molecular flexibility index (Phi) is 45.5. The Morgan fingerprint density at radius 1 is 0.397 bits per heavy atom. The average molecular weight is 805 g/mol. The summed E-state index contributed by atoms with van der Waals surface area (Å²) >= 11 is 0. The second kappa shape index (κ2) is 48.2. The highest BCUT2D eigenvalue weighted by molar-refractivity contribution is 5.70. The van der Waals surface area contributed by atoms with Crippen LogP contribution in [0.15, 0.2) is 97.2 Å². The molecule has 0 aromatic heterocycles. The maximum Gasteiger partial charge on any atom is 0.306 e. The average Bonchev–Trinajstić information content (AvgIpc) is 3.22. The fraction of sp³-hybridized carbons (Fsp3) is 0.660. The Labute approximate surface area is 358 Å². The molecule has 0 amide bonds. The lowest BCUT2D eigenvalue weighted by atomic mass is 10.0. The predicted octanol–water partition coefficient (Wildman–Crippen LogP) is 15.9. The lowest BCUT2D eigenvalue weighted by Gasteiger charge is -2.18. The molecule has 0 saturated heterocycles. The molecule has 0 aliphatic heterocycles. The van der Waals surface area contributed by atoms with Crippen LogP contribution in [0.3, 0.4) is 0 Å². The number of hydrogen-bond acceptors (Lipinski definition) is 5. The Balaban J connectivity index is 4.44. The molecule has 0 spiro atoms. The quantitative estimate of drug-likeness (QED) is 0.0349. The van der Waals surface area contributed by atoms with Crippen LogP contribution in [0.4, 0.5) is 0 Å². The zero-order chi connectivity index (χ0) is 42.1. The van der Waals surface area contributed by atoms with Crippen molar-refractivity contribution in [2.24, 2.45) is 0 Å². The first-order valence-electron chi connectivity index (χ1n) is 23.8. The Bertz CT molecular complexity index is 1140. The van der Waals surface area contributed by atoms with Gasteiger partial charge in [0.15, 0.2) is 6.10 Å². The zero-order valence-corrected chi connectivity index (χ0v) is 37.8. The molecule has 0 aromatic rings. The third-order valence-electron chi connectivity index (χ3n) is 9.63. The molecule has 0 radical (unpaired) electrons. The summed E-state index contributed by atoms with van der Waals surface area (Å²) in [5.41, 5.74) is 0. The minimum absolute atomic E-state index is 0.0370. The molecule has 0 heterocycles. The van der Waals surface area contributed by atoms with E-state index in [0.29, 0.717) is 19.4 Å². The van der Waals surface area contributed by atoms with E-state index in [-0.39, 0.29) is 25.2 Å². The molecular weight excluding hydrogens is 717 g/mol. The van der Waals surface area contributed by atoms with Crippen molar-refractivity contribution in [3.05, 3.63) is 97.2 Å². The summed E-state index contributed by atoms with van der Waals surface area (Å²) in [4.78, 5) is 25.3. The molecule has 0 N–H and O–H groups in total. The Hall–Kier alpha value is -3.18. The van der Waals surface area contributed by atoms with Gasteiger partial charge in [0.1, 0.15) is 6.61 Å². The molecule has 330 valence electrons. The van der Waals surface area contributed by atoms with Gasteiger partial charge >= 0.3 is 11.9 Å². The van der Waals surface area contributed by atoms with E-state index in [1.165, 1.54) is 64.2 Å². The molecule has 1 atom stereocenters. The van der Waals surface area contributed by atoms with Crippen molar-refractivity contribution in [2.75, 3.05) is 19.8 Å². The number of esters is 2. The van der Waals surface area contributed by atoms with Crippen LogP contribution in [0.25, 0.3) is 0 Å². The van der Waals surface area contributed by atoms with Crippen LogP contribution in [-0.4, -0.2) is 37.9 Å². The summed E-state index contributed by atoms with van der Waals surface area (Å²) in [5.74, 6) is -0.475. The molecule has 0 rings (SSSR count). The Morgan fingerprint density at radius 3 is 1.24 bits per heavy atom. The van der Waals surface area contributed by atoms with Crippen molar-refractivity contribution >= 4 is 11.9 Å². The molecule has 0 fully saturated rings.